The maximum Gasteiger partial charge on any atom is 0.319 e. The molecule has 0 aromatic heterocycles. The Morgan fingerprint density at radius 1 is 1.17 bits per heavy atom. The minimum atomic E-state index is -1.33. The van der Waals surface area contributed by atoms with Crippen LogP contribution >= 0.6 is 46.6 Å². The van der Waals surface area contributed by atoms with Gasteiger partial charge >= 0.3 is 5.97 Å². The van der Waals surface area contributed by atoms with E-state index in [4.69, 9.17) is 44.3 Å². The van der Waals surface area contributed by atoms with Crippen LogP contribution in [-0.4, -0.2) is 37.3 Å². The Morgan fingerprint density at radius 2 is 1.92 bits per heavy atom. The van der Waals surface area contributed by atoms with E-state index in [0.29, 0.717) is 28.6 Å². The highest BCUT2D eigenvalue weighted by atomic mass is 35.5. The summed E-state index contributed by atoms with van der Waals surface area (Å²) >= 11 is 19.3. The van der Waals surface area contributed by atoms with Crippen molar-refractivity contribution in [2.75, 3.05) is 24.8 Å². The summed E-state index contributed by atoms with van der Waals surface area (Å²) in [7, 11) is 1.16. The molecule has 36 heavy (non-hydrogen) atoms. The van der Waals surface area contributed by atoms with Gasteiger partial charge in [-0.15, -0.1) is 0 Å². The lowest BCUT2D eigenvalue weighted by Gasteiger charge is -2.31. The van der Waals surface area contributed by atoms with Crippen molar-refractivity contribution in [3.8, 4) is 11.8 Å². The number of carbonyl (C=O) groups excluding carboxylic acids is 3. The van der Waals surface area contributed by atoms with Gasteiger partial charge in [0.1, 0.15) is 11.7 Å². The first-order valence-corrected chi connectivity index (χ1v) is 12.6. The minimum absolute atomic E-state index is 0.0903. The molecule has 188 valence electrons. The number of methoxy groups -OCH3 is 1. The summed E-state index contributed by atoms with van der Waals surface area (Å²) in [6.45, 7) is 2.20. The smallest absolute Gasteiger partial charge is 0.319 e. The molecule has 8 nitrogen and oxygen atoms in total. The predicted molar refractivity (Wildman–Crippen MR) is 139 cm³/mol. The molecule has 0 unspecified atom stereocenters. The monoisotopic (exact) mass is 567 g/mol. The van der Waals surface area contributed by atoms with E-state index in [1.807, 2.05) is 0 Å². The summed E-state index contributed by atoms with van der Waals surface area (Å²) in [5.41, 5.74) is 0.898. The average molecular weight is 569 g/mol. The van der Waals surface area contributed by atoms with Crippen molar-refractivity contribution in [2.45, 2.75) is 12.8 Å². The second-order valence-corrected chi connectivity index (χ2v) is 9.64. The summed E-state index contributed by atoms with van der Waals surface area (Å²) in [5.74, 6) is -3.95. The largest absolute Gasteiger partial charge is 0.492 e. The van der Waals surface area contributed by atoms with Crippen molar-refractivity contribution in [1.82, 2.24) is 5.32 Å². The molecule has 2 amide bonds. The van der Waals surface area contributed by atoms with Crippen LogP contribution in [0.3, 0.4) is 0 Å². The molecule has 1 heterocycles. The van der Waals surface area contributed by atoms with E-state index < -0.39 is 29.6 Å². The molecular formula is C24H20Cl3N3O5S. The molecule has 1 aliphatic rings. The van der Waals surface area contributed by atoms with Gasteiger partial charge in [0.15, 0.2) is 0 Å². The van der Waals surface area contributed by atoms with Gasteiger partial charge < -0.3 is 20.1 Å². The number of benzene rings is 2. The number of hydrogen-bond donors (Lipinski definition) is 2. The molecule has 1 aliphatic heterocycles. The first-order valence-electron chi connectivity index (χ1n) is 10.5. The second kappa shape index (κ2) is 12.4. The fourth-order valence-electron chi connectivity index (χ4n) is 3.58. The first-order chi connectivity index (χ1) is 17.2. The van der Waals surface area contributed by atoms with E-state index >= 15 is 0 Å². The zero-order valence-corrected chi connectivity index (χ0v) is 22.1. The van der Waals surface area contributed by atoms with Crippen LogP contribution in [0.1, 0.15) is 18.4 Å². The number of hydrogen-bond acceptors (Lipinski definition) is 7. The molecule has 0 fully saturated rings. The number of carbonyl (C=O) groups is 3. The minimum Gasteiger partial charge on any atom is -0.492 e. The summed E-state index contributed by atoms with van der Waals surface area (Å²) in [5, 5.41) is 16.3. The molecule has 0 aliphatic carbocycles. The van der Waals surface area contributed by atoms with E-state index in [-0.39, 0.29) is 26.4 Å². The molecule has 0 bridgehead atoms. The normalized spacial score (nSPS) is 17.2. The standard InChI is InChI=1S/C24H20Cl3N3O5S/c1-3-35-18-7-4-12(8-16(18)27)20-14(10-28)23(30-22(32)21(20)24(33)34-2)36-11-19(31)29-17-6-5-13(25)9-15(17)26/h4-9,20-21H,3,11H2,1-2H3,(H,29,31)(H,30,32)/t20-,21+/m1/s1. The van der Waals surface area contributed by atoms with Crippen LogP contribution < -0.4 is 15.4 Å². The van der Waals surface area contributed by atoms with Crippen LogP contribution in [0.4, 0.5) is 5.69 Å². The zero-order valence-electron chi connectivity index (χ0n) is 19.1. The van der Waals surface area contributed by atoms with Crippen molar-refractivity contribution >= 4 is 70.0 Å². The maximum absolute atomic E-state index is 13.0. The third-order valence-electron chi connectivity index (χ3n) is 5.15. The van der Waals surface area contributed by atoms with Gasteiger partial charge in [0.05, 0.1) is 51.9 Å². The summed E-state index contributed by atoms with van der Waals surface area (Å²) in [4.78, 5) is 38.0. The number of ether oxygens (including phenoxy) is 2. The lowest BCUT2D eigenvalue weighted by Crippen LogP contribution is -2.44. The molecule has 0 radical (unpaired) electrons. The van der Waals surface area contributed by atoms with Gasteiger partial charge in [-0.3, -0.25) is 14.4 Å². The lowest BCUT2D eigenvalue weighted by atomic mass is 9.78. The van der Waals surface area contributed by atoms with Crippen LogP contribution in [0.5, 0.6) is 5.75 Å². The third-order valence-corrected chi connectivity index (χ3v) is 7.01. The molecule has 2 N–H and O–H groups in total. The van der Waals surface area contributed by atoms with Crippen LogP contribution in [0.15, 0.2) is 47.0 Å². The van der Waals surface area contributed by atoms with E-state index in [9.17, 15) is 19.6 Å². The quantitative estimate of drug-likeness (QED) is 0.334. The zero-order chi connectivity index (χ0) is 26.4. The Kier molecular flexibility index (Phi) is 9.51. The topological polar surface area (TPSA) is 118 Å². The number of anilines is 1. The van der Waals surface area contributed by atoms with E-state index in [2.05, 4.69) is 16.7 Å². The fraction of sp³-hybridized carbons (Fsp3) is 0.250. The van der Waals surface area contributed by atoms with Gasteiger partial charge in [0, 0.05) is 10.9 Å². The molecule has 0 spiro atoms. The van der Waals surface area contributed by atoms with E-state index in [1.54, 1.807) is 37.3 Å². The fourth-order valence-corrected chi connectivity index (χ4v) is 5.13. The average Bonchev–Trinajstić information content (AvgIpc) is 2.84. The summed E-state index contributed by atoms with van der Waals surface area (Å²) < 4.78 is 10.3. The molecule has 0 saturated carbocycles. The Morgan fingerprint density at radius 3 is 2.53 bits per heavy atom. The predicted octanol–water partition coefficient (Wildman–Crippen LogP) is 5.16. The molecular weight excluding hydrogens is 549 g/mol. The number of amides is 2. The molecule has 12 heteroatoms. The number of nitriles is 1. The molecule has 2 aromatic carbocycles. The van der Waals surface area contributed by atoms with Gasteiger partial charge in [0.25, 0.3) is 0 Å². The van der Waals surface area contributed by atoms with E-state index in [0.717, 1.165) is 18.9 Å². The number of thioether (sulfide) groups is 1. The molecule has 2 atom stereocenters. The molecule has 0 saturated heterocycles. The number of rotatable bonds is 8. The Bertz CT molecular complexity index is 1280. The number of esters is 1. The number of allylic oxidation sites excluding steroid dienone is 1. The van der Waals surface area contributed by atoms with Crippen molar-refractivity contribution in [3.63, 3.8) is 0 Å². The van der Waals surface area contributed by atoms with Gasteiger partial charge in [-0.2, -0.15) is 5.26 Å². The lowest BCUT2D eigenvalue weighted by molar-refractivity contribution is -0.150. The molecule has 2 aromatic rings. The van der Waals surface area contributed by atoms with Crippen LogP contribution in [-0.2, 0) is 19.1 Å². The van der Waals surface area contributed by atoms with Gasteiger partial charge in [-0.1, -0.05) is 52.6 Å². The Hall–Kier alpha value is -2.90. The summed E-state index contributed by atoms with van der Waals surface area (Å²) in [6.07, 6.45) is 0. The van der Waals surface area contributed by atoms with Crippen molar-refractivity contribution in [3.05, 3.63) is 67.6 Å². The highest BCUT2D eigenvalue weighted by molar-refractivity contribution is 8.03. The van der Waals surface area contributed by atoms with Gasteiger partial charge in [-0.05, 0) is 42.8 Å². The van der Waals surface area contributed by atoms with Crippen molar-refractivity contribution in [2.24, 2.45) is 5.92 Å². The van der Waals surface area contributed by atoms with E-state index in [1.165, 1.54) is 6.07 Å². The second-order valence-electron chi connectivity index (χ2n) is 7.41. The number of nitrogens with zero attached hydrogens (tertiary/aromatic N) is 1. The maximum atomic E-state index is 13.0. The van der Waals surface area contributed by atoms with Crippen molar-refractivity contribution < 1.29 is 23.9 Å². The number of halogens is 3. The Balaban J connectivity index is 1.92. The molecule has 3 rings (SSSR count). The van der Waals surface area contributed by atoms with Gasteiger partial charge in [-0.25, -0.2) is 0 Å². The highest BCUT2D eigenvalue weighted by Crippen LogP contribution is 2.42. The number of nitrogens with one attached hydrogen (secondary N) is 2. The third kappa shape index (κ3) is 6.26. The van der Waals surface area contributed by atoms with Crippen molar-refractivity contribution in [1.29, 1.82) is 5.26 Å². The first kappa shape index (κ1) is 27.7. The Labute approximate surface area is 226 Å². The van der Waals surface area contributed by atoms with Gasteiger partial charge in [0.2, 0.25) is 11.8 Å². The highest BCUT2D eigenvalue weighted by Gasteiger charge is 2.44. The van der Waals surface area contributed by atoms with Crippen LogP contribution in [0, 0.1) is 17.2 Å². The van der Waals surface area contributed by atoms with Crippen LogP contribution in [0.25, 0.3) is 0 Å². The van der Waals surface area contributed by atoms with Crippen LogP contribution in [0.2, 0.25) is 15.1 Å². The SMILES string of the molecule is CCOc1ccc([C@@H]2C(C#N)=C(SCC(=O)Nc3ccc(Cl)cc3Cl)NC(=O)[C@H]2C(=O)OC)cc1Cl. The summed E-state index contributed by atoms with van der Waals surface area (Å²) in [6, 6.07) is 11.5.